The second-order valence-electron chi connectivity index (χ2n) is 17.9. The van der Waals surface area contributed by atoms with E-state index in [4.69, 9.17) is 5.11 Å². The van der Waals surface area contributed by atoms with Crippen LogP contribution in [0.2, 0.25) is 0 Å². The number of benzene rings is 5. The van der Waals surface area contributed by atoms with Crippen molar-refractivity contribution in [2.45, 2.75) is 95.8 Å². The highest BCUT2D eigenvalue weighted by molar-refractivity contribution is 8.03. The third kappa shape index (κ3) is 9.26. The molecule has 5 aromatic rings. The summed E-state index contributed by atoms with van der Waals surface area (Å²) in [4.78, 5) is 29.7. The van der Waals surface area contributed by atoms with Gasteiger partial charge in [-0.15, -0.1) is 0 Å². The Kier molecular flexibility index (Phi) is 14.7. The first-order valence-corrected chi connectivity index (χ1v) is 23.5. The van der Waals surface area contributed by atoms with Crippen LogP contribution in [0.5, 0.6) is 0 Å². The average Bonchev–Trinajstić information content (AvgIpc) is 3.85. The number of halogens is 1. The lowest BCUT2D eigenvalue weighted by Crippen LogP contribution is -3.00. The fourth-order valence-corrected chi connectivity index (χ4v) is 11.1. The molecule has 0 saturated heterocycles. The number of aliphatic hydroxyl groups excluding tert-OH is 1. The minimum absolute atomic E-state index is 0. The van der Waals surface area contributed by atoms with Gasteiger partial charge >= 0.3 is 0 Å². The standard InChI is InChI=1S/C55H60N4O3S.HI/c1-7-58-45-31-23-37-15-9-11-17-43(37)51(45)54(3,4)47(58)33-25-39-21-22-40(26-34-48-55(5,6)52-44-18-12-10-16-38(44)24-32-46(52)59(48)8-2)53(39)63-42-29-27-41(28-30-42)57-50(62)20-13-19-49(61)56-35-14-36-60;/h9-12,15-18,23-34,60H,7-8,13-14,19-22,35-36H2,1-6H3,(H-,56,57,61,62);1H. The van der Waals surface area contributed by atoms with Crippen molar-refractivity contribution in [2.24, 2.45) is 0 Å². The summed E-state index contributed by atoms with van der Waals surface area (Å²) >= 11 is 1.80. The lowest BCUT2D eigenvalue weighted by atomic mass is 9.79. The van der Waals surface area contributed by atoms with Crippen LogP contribution in [0.4, 0.5) is 17.1 Å². The van der Waals surface area contributed by atoms with Gasteiger partial charge in [-0.2, -0.15) is 4.58 Å². The Balaban J connectivity index is 0.00000612. The predicted molar refractivity (Wildman–Crippen MR) is 263 cm³/mol. The number of hydrogen-bond acceptors (Lipinski definition) is 5. The van der Waals surface area contributed by atoms with E-state index >= 15 is 0 Å². The summed E-state index contributed by atoms with van der Waals surface area (Å²) in [5.74, 6) is -0.213. The van der Waals surface area contributed by atoms with Gasteiger partial charge in [-0.25, -0.2) is 0 Å². The number of fused-ring (bicyclic) bond motifs is 6. The first-order valence-electron chi connectivity index (χ1n) is 22.7. The van der Waals surface area contributed by atoms with E-state index in [0.29, 0.717) is 19.4 Å². The fraction of sp³-hybridized carbons (Fsp3) is 0.327. The largest absolute Gasteiger partial charge is 1.00 e. The maximum Gasteiger partial charge on any atom is 0.224 e. The number of nitrogens with one attached hydrogen (secondary N) is 2. The number of amides is 2. The smallest absolute Gasteiger partial charge is 0.224 e. The van der Waals surface area contributed by atoms with Gasteiger partial charge in [0.2, 0.25) is 17.5 Å². The van der Waals surface area contributed by atoms with Crippen molar-refractivity contribution in [3.8, 4) is 0 Å². The van der Waals surface area contributed by atoms with Crippen LogP contribution in [0.25, 0.3) is 21.5 Å². The summed E-state index contributed by atoms with van der Waals surface area (Å²) in [6.07, 6.45) is 12.9. The number of carbonyl (C=O) groups is 2. The van der Waals surface area contributed by atoms with E-state index < -0.39 is 0 Å². The minimum Gasteiger partial charge on any atom is -1.00 e. The molecule has 0 unspecified atom stereocenters. The maximum atomic E-state index is 12.8. The molecule has 0 radical (unpaired) electrons. The third-order valence-electron chi connectivity index (χ3n) is 13.1. The molecule has 0 fully saturated rings. The number of rotatable bonds is 15. The third-order valence-corrected chi connectivity index (χ3v) is 14.3. The summed E-state index contributed by atoms with van der Waals surface area (Å²) in [7, 11) is 0. The molecule has 3 aliphatic rings. The fourth-order valence-electron chi connectivity index (χ4n) is 10.0. The number of allylic oxidation sites excluding steroid dienone is 7. The van der Waals surface area contributed by atoms with E-state index in [1.165, 1.54) is 71.5 Å². The van der Waals surface area contributed by atoms with Crippen LogP contribution in [0.15, 0.2) is 148 Å². The molecule has 64 heavy (non-hydrogen) atoms. The lowest BCUT2D eigenvalue weighted by Gasteiger charge is -2.26. The SMILES string of the molecule is CCN1/C(=C/C=C2\CCC(/C=C/C3=[N+](CC)c4ccc5ccccc5c4C3(C)C)=C2Sc2ccc(NC(=O)CCCC(=O)NCCCO)cc2)C(C)(C)c2c1ccc1ccccc21.[I-]. The summed E-state index contributed by atoms with van der Waals surface area (Å²) < 4.78 is 2.49. The minimum atomic E-state index is -0.178. The van der Waals surface area contributed by atoms with Crippen molar-refractivity contribution in [3.05, 3.63) is 154 Å². The van der Waals surface area contributed by atoms with Crippen molar-refractivity contribution >= 4 is 67.9 Å². The van der Waals surface area contributed by atoms with Gasteiger partial charge in [0.1, 0.15) is 6.54 Å². The van der Waals surface area contributed by atoms with Crippen LogP contribution in [0.3, 0.4) is 0 Å². The monoisotopic (exact) mass is 984 g/mol. The van der Waals surface area contributed by atoms with E-state index in [2.05, 4.69) is 171 Å². The highest BCUT2D eigenvalue weighted by Crippen LogP contribution is 2.51. The number of likely N-dealkylation sites (N-methyl/N-ethyl adjacent to an activating group) is 1. The van der Waals surface area contributed by atoms with E-state index in [-0.39, 0.29) is 66.1 Å². The highest BCUT2D eigenvalue weighted by atomic mass is 127. The number of thioether (sulfide) groups is 1. The Hall–Kier alpha value is -4.97. The molecule has 7 nitrogen and oxygen atoms in total. The first kappa shape index (κ1) is 47.0. The van der Waals surface area contributed by atoms with Gasteiger partial charge in [-0.1, -0.05) is 92.4 Å². The van der Waals surface area contributed by atoms with Gasteiger partial charge < -0.3 is 44.6 Å². The van der Waals surface area contributed by atoms with Crippen LogP contribution in [0, 0.1) is 0 Å². The molecule has 0 saturated carbocycles. The van der Waals surface area contributed by atoms with Crippen molar-refractivity contribution in [3.63, 3.8) is 0 Å². The van der Waals surface area contributed by atoms with Crippen molar-refractivity contribution < 1.29 is 43.2 Å². The molecule has 332 valence electrons. The molecule has 0 atom stereocenters. The van der Waals surface area contributed by atoms with Gasteiger partial charge in [0, 0.05) is 82.5 Å². The van der Waals surface area contributed by atoms with Crippen LogP contribution in [-0.4, -0.2) is 53.4 Å². The normalized spacial score (nSPS) is 17.5. The van der Waals surface area contributed by atoms with Crippen LogP contribution in [0.1, 0.15) is 91.2 Å². The van der Waals surface area contributed by atoms with Gasteiger partial charge in [-0.05, 0) is 134 Å². The van der Waals surface area contributed by atoms with Crippen LogP contribution < -0.4 is 39.5 Å². The van der Waals surface area contributed by atoms with Crippen molar-refractivity contribution in [1.29, 1.82) is 0 Å². The molecule has 9 heteroatoms. The number of carbonyl (C=O) groups excluding carboxylic acids is 2. The predicted octanol–water partition coefficient (Wildman–Crippen LogP) is 9.02. The van der Waals surface area contributed by atoms with Gasteiger partial charge in [0.15, 0.2) is 5.71 Å². The Morgan fingerprint density at radius 3 is 2.12 bits per heavy atom. The Labute approximate surface area is 400 Å². The van der Waals surface area contributed by atoms with Gasteiger partial charge in [-0.3, -0.25) is 9.59 Å². The molecule has 0 aromatic heterocycles. The van der Waals surface area contributed by atoms with Crippen LogP contribution in [-0.2, 0) is 20.4 Å². The zero-order valence-corrected chi connectivity index (χ0v) is 41.0. The van der Waals surface area contributed by atoms with Gasteiger partial charge in [0.05, 0.1) is 5.41 Å². The zero-order valence-electron chi connectivity index (χ0n) is 38.1. The second-order valence-corrected chi connectivity index (χ2v) is 19.0. The molecule has 5 aromatic carbocycles. The lowest BCUT2D eigenvalue weighted by molar-refractivity contribution is -0.433. The first-order chi connectivity index (χ1) is 30.5. The summed E-state index contributed by atoms with van der Waals surface area (Å²) in [5.41, 5.74) is 11.0. The van der Waals surface area contributed by atoms with Gasteiger partial charge in [0.25, 0.3) is 0 Å². The number of aliphatic hydroxyl groups is 1. The van der Waals surface area contributed by atoms with E-state index in [9.17, 15) is 9.59 Å². The molecular weight excluding hydrogens is 924 g/mol. The zero-order chi connectivity index (χ0) is 44.3. The number of nitrogens with zero attached hydrogens (tertiary/aromatic N) is 2. The molecule has 3 N–H and O–H groups in total. The van der Waals surface area contributed by atoms with Crippen LogP contribution >= 0.6 is 11.8 Å². The Morgan fingerprint density at radius 2 is 1.44 bits per heavy atom. The van der Waals surface area contributed by atoms with E-state index in [1.807, 2.05) is 12.1 Å². The maximum absolute atomic E-state index is 12.8. The quantitative estimate of drug-likeness (QED) is 0.0555. The molecule has 2 amide bonds. The summed E-state index contributed by atoms with van der Waals surface area (Å²) in [6.45, 7) is 16.2. The van der Waals surface area contributed by atoms with E-state index in [1.54, 1.807) is 11.8 Å². The summed E-state index contributed by atoms with van der Waals surface area (Å²) in [5, 5.41) is 19.9. The number of hydrogen-bond donors (Lipinski definition) is 3. The van der Waals surface area contributed by atoms with Crippen molar-refractivity contribution in [1.82, 2.24) is 5.32 Å². The molecule has 2 heterocycles. The molecule has 1 aliphatic carbocycles. The molecular formula is C55H61IN4O3S. The molecule has 0 bridgehead atoms. The Bertz CT molecular complexity index is 2740. The summed E-state index contributed by atoms with van der Waals surface area (Å²) in [6, 6.07) is 34.7. The average molecular weight is 985 g/mol. The second kappa shape index (κ2) is 20.0. The molecule has 2 aliphatic heterocycles. The van der Waals surface area contributed by atoms with E-state index in [0.717, 1.165) is 36.5 Å². The molecule has 0 spiro atoms. The topological polar surface area (TPSA) is 84.7 Å². The Morgan fingerprint density at radius 1 is 0.766 bits per heavy atom. The highest BCUT2D eigenvalue weighted by Gasteiger charge is 2.45. The molecule has 8 rings (SSSR count). The van der Waals surface area contributed by atoms with Crippen molar-refractivity contribution in [2.75, 3.05) is 36.5 Å². The number of anilines is 2.